The number of nitrogens with one attached hydrogen (secondary N) is 2. The van der Waals surface area contributed by atoms with Gasteiger partial charge in [0.2, 0.25) is 17.6 Å². The van der Waals surface area contributed by atoms with Crippen molar-refractivity contribution < 1.29 is 53.4 Å². The van der Waals surface area contributed by atoms with E-state index in [0.717, 1.165) is 11.1 Å². The van der Waals surface area contributed by atoms with Crippen molar-refractivity contribution in [3.05, 3.63) is 155 Å². The second kappa shape index (κ2) is 20.2. The van der Waals surface area contributed by atoms with Gasteiger partial charge in [0.15, 0.2) is 0 Å². The molecule has 6 atom stereocenters. The summed E-state index contributed by atoms with van der Waals surface area (Å²) in [7, 11) is 0. The van der Waals surface area contributed by atoms with Crippen molar-refractivity contribution in [2.24, 2.45) is 0 Å². The molecule has 1 aliphatic carbocycles. The average molecular weight is 847 g/mol. The molecule has 0 spiro atoms. The van der Waals surface area contributed by atoms with E-state index in [1.54, 1.807) is 57.2 Å². The first-order valence-electron chi connectivity index (χ1n) is 20.7. The monoisotopic (exact) mass is 846 g/mol. The second-order valence-electron chi connectivity index (χ2n) is 16.4. The SMILES string of the molecule is C[C@H](O)[C@@H](NC(=O)C1=C[C@H]2OC(c3ccccc3)(c3ccccc3)O[C@H]2[C@H](OC(=O)c2cccc(C=CCc3ccccc3O)c2)C1)C(=O)N[C@H](CO)CCC(=O)OC(C)(C)C. The molecule has 0 bridgehead atoms. The van der Waals surface area contributed by atoms with Crippen LogP contribution >= 0.6 is 0 Å². The Hall–Kier alpha value is -6.12. The topological polar surface area (TPSA) is 190 Å². The molecule has 2 amide bonds. The van der Waals surface area contributed by atoms with Gasteiger partial charge in [-0.15, -0.1) is 0 Å². The second-order valence-corrected chi connectivity index (χ2v) is 16.4. The van der Waals surface area contributed by atoms with E-state index in [4.69, 9.17) is 18.9 Å². The fourth-order valence-electron chi connectivity index (χ4n) is 7.40. The highest BCUT2D eigenvalue weighted by Gasteiger charge is 2.55. The first-order chi connectivity index (χ1) is 29.7. The predicted molar refractivity (Wildman–Crippen MR) is 230 cm³/mol. The molecule has 1 fully saturated rings. The normalized spacial score (nSPS) is 19.6. The molecule has 6 rings (SSSR count). The lowest BCUT2D eigenvalue weighted by atomic mass is 9.91. The van der Waals surface area contributed by atoms with Gasteiger partial charge >= 0.3 is 11.9 Å². The Bertz CT molecular complexity index is 2210. The summed E-state index contributed by atoms with van der Waals surface area (Å²) >= 11 is 0. The Morgan fingerprint density at radius 3 is 2.18 bits per heavy atom. The molecule has 13 nitrogen and oxygen atoms in total. The number of amides is 2. The first kappa shape index (κ1) is 45.4. The van der Waals surface area contributed by atoms with E-state index in [1.165, 1.54) is 6.92 Å². The molecular weight excluding hydrogens is 793 g/mol. The number of allylic oxidation sites excluding steroid dienone is 1. The molecule has 1 saturated heterocycles. The lowest BCUT2D eigenvalue weighted by molar-refractivity contribution is -0.157. The number of esters is 2. The molecule has 0 saturated carbocycles. The van der Waals surface area contributed by atoms with Gasteiger partial charge in [-0.25, -0.2) is 4.79 Å². The third kappa shape index (κ3) is 11.4. The smallest absolute Gasteiger partial charge is 0.338 e. The number of fused-ring (bicyclic) bond motifs is 1. The van der Waals surface area contributed by atoms with Gasteiger partial charge in [-0.3, -0.25) is 14.4 Å². The molecule has 0 aromatic heterocycles. The molecule has 0 radical (unpaired) electrons. The third-order valence-electron chi connectivity index (χ3n) is 10.4. The van der Waals surface area contributed by atoms with E-state index >= 15 is 0 Å². The van der Waals surface area contributed by atoms with Gasteiger partial charge in [-0.2, -0.15) is 0 Å². The summed E-state index contributed by atoms with van der Waals surface area (Å²) in [5.74, 6) is -3.95. The highest BCUT2D eigenvalue weighted by atomic mass is 16.8. The molecule has 5 N–H and O–H groups in total. The van der Waals surface area contributed by atoms with Gasteiger partial charge < -0.3 is 44.9 Å². The molecular formula is C49H54N2O11. The van der Waals surface area contributed by atoms with Crippen LogP contribution in [0.5, 0.6) is 5.75 Å². The van der Waals surface area contributed by atoms with Gasteiger partial charge in [-0.05, 0) is 75.9 Å². The van der Waals surface area contributed by atoms with Gasteiger partial charge in [0.1, 0.15) is 35.7 Å². The lowest BCUT2D eigenvalue weighted by Crippen LogP contribution is -2.55. The quantitative estimate of drug-likeness (QED) is 0.0877. The Balaban J connectivity index is 1.24. The molecule has 62 heavy (non-hydrogen) atoms. The number of para-hydroxylation sites is 1. The minimum absolute atomic E-state index is 0.0538. The maximum absolute atomic E-state index is 14.1. The molecule has 326 valence electrons. The zero-order valence-corrected chi connectivity index (χ0v) is 35.2. The fourth-order valence-corrected chi connectivity index (χ4v) is 7.40. The fraction of sp³-hybridized carbons (Fsp3) is 0.347. The van der Waals surface area contributed by atoms with Crippen LogP contribution in [0.1, 0.15) is 79.6 Å². The zero-order valence-electron chi connectivity index (χ0n) is 35.2. The molecule has 13 heteroatoms. The highest BCUT2D eigenvalue weighted by molar-refractivity contribution is 5.98. The summed E-state index contributed by atoms with van der Waals surface area (Å²) in [4.78, 5) is 54.0. The van der Waals surface area contributed by atoms with Gasteiger partial charge in [0.25, 0.3) is 0 Å². The summed E-state index contributed by atoms with van der Waals surface area (Å²) < 4.78 is 25.2. The van der Waals surface area contributed by atoms with Crippen LogP contribution in [-0.4, -0.2) is 87.8 Å². The summed E-state index contributed by atoms with van der Waals surface area (Å²) in [6.07, 6.45) is 1.38. The molecule has 4 aromatic carbocycles. The number of benzene rings is 4. The van der Waals surface area contributed by atoms with Crippen molar-refractivity contribution >= 4 is 29.8 Å². The van der Waals surface area contributed by atoms with Crippen LogP contribution in [0.3, 0.4) is 0 Å². The van der Waals surface area contributed by atoms with E-state index < -0.39 is 78.2 Å². The van der Waals surface area contributed by atoms with Crippen LogP contribution in [0.2, 0.25) is 0 Å². The zero-order chi connectivity index (χ0) is 44.4. The van der Waals surface area contributed by atoms with Crippen LogP contribution in [0, 0.1) is 0 Å². The van der Waals surface area contributed by atoms with E-state index in [9.17, 15) is 34.5 Å². The number of hydrogen-bond acceptors (Lipinski definition) is 11. The maximum atomic E-state index is 14.1. The minimum atomic E-state index is -1.46. The summed E-state index contributed by atoms with van der Waals surface area (Å²) in [6, 6.07) is 30.2. The number of carbonyl (C=O) groups is 4. The molecule has 2 aliphatic rings. The van der Waals surface area contributed by atoms with Crippen LogP contribution in [0.15, 0.2) is 127 Å². The lowest BCUT2D eigenvalue weighted by Gasteiger charge is -2.32. The molecule has 1 aliphatic heterocycles. The number of aromatic hydroxyl groups is 1. The largest absolute Gasteiger partial charge is 0.508 e. The Morgan fingerprint density at radius 1 is 0.887 bits per heavy atom. The Morgan fingerprint density at radius 2 is 1.55 bits per heavy atom. The highest BCUT2D eigenvalue weighted by Crippen LogP contribution is 2.47. The maximum Gasteiger partial charge on any atom is 0.338 e. The standard InChI is InChI=1S/C49H54N2O11/c1-31(53)43(46(57)50-38(30-52)25-26-42(55)61-48(2,3)4)51-45(56)35-28-40(59-47(58)34-19-14-16-32(27-34)15-13-18-33-17-11-12-24-39(33)54)44-41(29-35)60-49(62-44,36-20-7-5-8-21-36)37-22-9-6-10-23-37/h5-17,19-24,27,29,31,38,40-41,43-44,52-54H,18,25-26,28,30H2,1-4H3,(H,50,57)(H,51,56)/t31-,38-,40+,41+,43+,44-/m0/s1. The van der Waals surface area contributed by atoms with E-state index in [-0.39, 0.29) is 36.1 Å². The van der Waals surface area contributed by atoms with Crippen molar-refractivity contribution in [3.8, 4) is 5.75 Å². The van der Waals surface area contributed by atoms with Crippen molar-refractivity contribution in [2.75, 3.05) is 6.61 Å². The van der Waals surface area contributed by atoms with Crippen molar-refractivity contribution in [1.29, 1.82) is 0 Å². The van der Waals surface area contributed by atoms with Crippen LogP contribution in [0.25, 0.3) is 6.08 Å². The van der Waals surface area contributed by atoms with Gasteiger partial charge in [0, 0.05) is 29.5 Å². The predicted octanol–water partition coefficient (Wildman–Crippen LogP) is 5.65. The number of hydrogen-bond donors (Lipinski definition) is 5. The van der Waals surface area contributed by atoms with Crippen LogP contribution in [-0.2, 0) is 45.5 Å². The summed E-state index contributed by atoms with van der Waals surface area (Å²) in [5.41, 5.74) is 2.48. The third-order valence-corrected chi connectivity index (χ3v) is 10.4. The number of phenolic OH excluding ortho intramolecular Hbond substituents is 1. The molecule has 0 unspecified atom stereocenters. The van der Waals surface area contributed by atoms with E-state index in [0.29, 0.717) is 17.5 Å². The number of aliphatic hydroxyl groups is 2. The molecule has 1 heterocycles. The number of phenols is 1. The number of aliphatic hydroxyl groups excluding tert-OH is 2. The summed E-state index contributed by atoms with van der Waals surface area (Å²) in [5, 5.41) is 36.1. The number of carbonyl (C=O) groups excluding carboxylic acids is 4. The Labute approximate surface area is 361 Å². The van der Waals surface area contributed by atoms with E-state index in [2.05, 4.69) is 10.6 Å². The van der Waals surface area contributed by atoms with Crippen LogP contribution < -0.4 is 10.6 Å². The van der Waals surface area contributed by atoms with Crippen LogP contribution in [0.4, 0.5) is 0 Å². The van der Waals surface area contributed by atoms with Crippen molar-refractivity contribution in [2.45, 2.75) is 101 Å². The summed E-state index contributed by atoms with van der Waals surface area (Å²) in [6.45, 7) is 6.03. The van der Waals surface area contributed by atoms with Crippen molar-refractivity contribution in [3.63, 3.8) is 0 Å². The Kier molecular flexibility index (Phi) is 14.8. The number of ether oxygens (including phenoxy) is 4. The van der Waals surface area contributed by atoms with E-state index in [1.807, 2.05) is 91.0 Å². The van der Waals surface area contributed by atoms with Crippen molar-refractivity contribution in [1.82, 2.24) is 10.6 Å². The average Bonchev–Trinajstić information content (AvgIpc) is 3.66. The minimum Gasteiger partial charge on any atom is -0.508 e. The number of rotatable bonds is 16. The van der Waals surface area contributed by atoms with Gasteiger partial charge in [-0.1, -0.05) is 103 Å². The van der Waals surface area contributed by atoms with Gasteiger partial charge in [0.05, 0.1) is 24.3 Å². The first-order valence-corrected chi connectivity index (χ1v) is 20.7. The molecule has 4 aromatic rings.